The molecule has 8 nitrogen and oxygen atoms in total. The van der Waals surface area contributed by atoms with E-state index >= 15 is 0 Å². The summed E-state index contributed by atoms with van der Waals surface area (Å²) in [7, 11) is 3.34. The maximum absolute atomic E-state index is 13.3. The molecule has 0 unspecified atom stereocenters. The fourth-order valence-electron chi connectivity index (χ4n) is 4.27. The Hall–Kier alpha value is -3.39. The minimum Gasteiger partial charge on any atom is -0.491 e. The number of ether oxygens (including phenoxy) is 2. The van der Waals surface area contributed by atoms with Gasteiger partial charge in [-0.05, 0) is 24.6 Å². The molecule has 8 heteroatoms. The minimum absolute atomic E-state index is 0.0164. The highest BCUT2D eigenvalue weighted by Crippen LogP contribution is 2.27. The minimum atomic E-state index is -0.238. The molecule has 0 aliphatic carbocycles. The Morgan fingerprint density at radius 1 is 1.11 bits per heavy atom. The molecule has 0 radical (unpaired) electrons. The van der Waals surface area contributed by atoms with Gasteiger partial charge in [-0.15, -0.1) is 0 Å². The van der Waals surface area contributed by atoms with Gasteiger partial charge in [-0.25, -0.2) is 0 Å². The normalized spacial score (nSPS) is 21.3. The average Bonchev–Trinajstić information content (AvgIpc) is 2.83. The number of amides is 3. The van der Waals surface area contributed by atoms with Crippen LogP contribution in [0.4, 0.5) is 5.69 Å². The van der Waals surface area contributed by atoms with Crippen molar-refractivity contribution in [1.82, 2.24) is 9.80 Å². The number of anilines is 1. The number of nitrogens with zero attached hydrogens (tertiary/aromatic N) is 2. The summed E-state index contributed by atoms with van der Waals surface area (Å²) in [5, 5.41) is 2.88. The highest BCUT2D eigenvalue weighted by Gasteiger charge is 2.29. The molecule has 0 aromatic heterocycles. The molecule has 2 aromatic carbocycles. The number of hydrogen-bond acceptors (Lipinski definition) is 5. The fourth-order valence-corrected chi connectivity index (χ4v) is 4.27. The van der Waals surface area contributed by atoms with Gasteiger partial charge in [-0.3, -0.25) is 14.4 Å². The first-order valence-corrected chi connectivity index (χ1v) is 11.9. The van der Waals surface area contributed by atoms with Gasteiger partial charge >= 0.3 is 0 Å². The fraction of sp³-hybridized carbons (Fsp3) is 0.444. The van der Waals surface area contributed by atoms with E-state index < -0.39 is 0 Å². The van der Waals surface area contributed by atoms with Crippen molar-refractivity contribution in [3.63, 3.8) is 0 Å². The SMILES string of the molecule is CO[C@@H]1CN(C)C(=O)c2ccc(NC(=O)Cc3ccccc3)cc2OC[C@@H](C)N(C(C)=O)C[C@@H]1C. The van der Waals surface area contributed by atoms with Gasteiger partial charge in [0.15, 0.2) is 0 Å². The topological polar surface area (TPSA) is 88.2 Å². The van der Waals surface area contributed by atoms with Gasteiger partial charge in [0, 0.05) is 51.8 Å². The van der Waals surface area contributed by atoms with Gasteiger partial charge in [-0.2, -0.15) is 0 Å². The zero-order valence-corrected chi connectivity index (χ0v) is 21.1. The second kappa shape index (κ2) is 11.8. The standard InChI is InChI=1S/C27H35N3O5/c1-18-15-30(20(3)31)19(2)17-35-24-14-22(28-26(32)13-21-9-7-6-8-10-21)11-12-23(24)27(33)29(4)16-25(18)34-5/h6-12,14,18-19,25H,13,15-17H2,1-5H3,(H,28,32)/t18-,19+,25+/m0/s1. The number of benzene rings is 2. The Kier molecular flexibility index (Phi) is 8.87. The molecule has 2 aromatic rings. The van der Waals surface area contributed by atoms with Crippen molar-refractivity contribution in [3.8, 4) is 5.75 Å². The van der Waals surface area contributed by atoms with Gasteiger partial charge in [0.25, 0.3) is 5.91 Å². The molecule has 35 heavy (non-hydrogen) atoms. The predicted molar refractivity (Wildman–Crippen MR) is 134 cm³/mol. The second-order valence-corrected chi connectivity index (χ2v) is 9.19. The third-order valence-corrected chi connectivity index (χ3v) is 6.34. The van der Waals surface area contributed by atoms with E-state index in [-0.39, 0.29) is 48.8 Å². The van der Waals surface area contributed by atoms with Crippen molar-refractivity contribution >= 4 is 23.4 Å². The summed E-state index contributed by atoms with van der Waals surface area (Å²) in [4.78, 5) is 41.6. The van der Waals surface area contributed by atoms with Crippen LogP contribution in [-0.4, -0.2) is 73.5 Å². The predicted octanol–water partition coefficient (Wildman–Crippen LogP) is 3.22. The summed E-state index contributed by atoms with van der Waals surface area (Å²) in [5.41, 5.74) is 1.83. The average molecular weight is 482 g/mol. The first kappa shape index (κ1) is 26.2. The number of methoxy groups -OCH3 is 1. The van der Waals surface area contributed by atoms with E-state index in [2.05, 4.69) is 5.32 Å². The lowest BCUT2D eigenvalue weighted by Crippen LogP contribution is -2.48. The highest BCUT2D eigenvalue weighted by atomic mass is 16.5. The number of nitrogens with one attached hydrogen (secondary N) is 1. The van der Waals surface area contributed by atoms with Crippen molar-refractivity contribution in [2.75, 3.05) is 39.2 Å². The van der Waals surface area contributed by atoms with Crippen LogP contribution >= 0.6 is 0 Å². The third-order valence-electron chi connectivity index (χ3n) is 6.34. The maximum Gasteiger partial charge on any atom is 0.257 e. The Labute approximate surface area is 207 Å². The lowest BCUT2D eigenvalue weighted by atomic mass is 10.0. The van der Waals surface area contributed by atoms with Crippen molar-refractivity contribution in [3.05, 3.63) is 59.7 Å². The zero-order valence-electron chi connectivity index (χ0n) is 21.1. The molecule has 0 saturated carbocycles. The lowest BCUT2D eigenvalue weighted by Gasteiger charge is -2.35. The zero-order chi connectivity index (χ0) is 25.5. The molecule has 1 aliphatic heterocycles. The lowest BCUT2D eigenvalue weighted by molar-refractivity contribution is -0.133. The van der Waals surface area contributed by atoms with Crippen LogP contribution < -0.4 is 10.1 Å². The number of fused-ring (bicyclic) bond motifs is 1. The first-order valence-electron chi connectivity index (χ1n) is 11.9. The van der Waals surface area contributed by atoms with Crippen molar-refractivity contribution in [2.24, 2.45) is 5.92 Å². The van der Waals surface area contributed by atoms with E-state index in [9.17, 15) is 14.4 Å². The highest BCUT2D eigenvalue weighted by molar-refractivity contribution is 5.98. The Morgan fingerprint density at radius 2 is 1.83 bits per heavy atom. The largest absolute Gasteiger partial charge is 0.491 e. The maximum atomic E-state index is 13.3. The summed E-state index contributed by atoms with van der Waals surface area (Å²) in [5.74, 6) is -0.0414. The van der Waals surface area contributed by atoms with Gasteiger partial charge in [-0.1, -0.05) is 37.3 Å². The molecule has 1 N–H and O–H groups in total. The van der Waals surface area contributed by atoms with Crippen LogP contribution in [0.5, 0.6) is 5.75 Å². The molecule has 0 bridgehead atoms. The molecule has 0 fully saturated rings. The van der Waals surface area contributed by atoms with Crippen molar-refractivity contribution < 1.29 is 23.9 Å². The van der Waals surface area contributed by atoms with E-state index in [1.165, 1.54) is 0 Å². The molecule has 0 spiro atoms. The van der Waals surface area contributed by atoms with E-state index in [0.29, 0.717) is 30.1 Å². The van der Waals surface area contributed by atoms with Crippen molar-refractivity contribution in [1.29, 1.82) is 0 Å². The van der Waals surface area contributed by atoms with E-state index in [4.69, 9.17) is 9.47 Å². The molecule has 1 aliphatic rings. The molecule has 3 amide bonds. The molecule has 0 saturated heterocycles. The van der Waals surface area contributed by atoms with Gasteiger partial charge in [0.1, 0.15) is 12.4 Å². The Balaban J connectivity index is 1.88. The van der Waals surface area contributed by atoms with Crippen LogP contribution in [-0.2, 0) is 20.7 Å². The molecule has 1 heterocycles. The van der Waals surface area contributed by atoms with Crippen LogP contribution in [0.25, 0.3) is 0 Å². The van der Waals surface area contributed by atoms with E-state index in [1.807, 2.05) is 44.2 Å². The number of likely N-dealkylation sites (N-methyl/N-ethyl adjacent to an activating group) is 1. The van der Waals surface area contributed by atoms with Crippen LogP contribution in [0.2, 0.25) is 0 Å². The van der Waals surface area contributed by atoms with Crippen LogP contribution in [0.3, 0.4) is 0 Å². The van der Waals surface area contributed by atoms with Crippen LogP contribution in [0, 0.1) is 5.92 Å². The Bertz CT molecular complexity index is 1040. The number of carbonyl (C=O) groups excluding carboxylic acids is 3. The number of rotatable bonds is 4. The Morgan fingerprint density at radius 3 is 2.49 bits per heavy atom. The van der Waals surface area contributed by atoms with Crippen molar-refractivity contribution in [2.45, 2.75) is 39.3 Å². The van der Waals surface area contributed by atoms with Crippen LogP contribution in [0.1, 0.15) is 36.7 Å². The van der Waals surface area contributed by atoms with E-state index in [0.717, 1.165) is 5.56 Å². The summed E-state index contributed by atoms with van der Waals surface area (Å²) in [6.45, 7) is 6.53. The first-order chi connectivity index (χ1) is 16.7. The molecule has 3 atom stereocenters. The van der Waals surface area contributed by atoms with Gasteiger partial charge in [0.05, 0.1) is 24.1 Å². The summed E-state index contributed by atoms with van der Waals surface area (Å²) in [6, 6.07) is 14.3. The molecular weight excluding hydrogens is 446 g/mol. The monoisotopic (exact) mass is 481 g/mol. The molecule has 3 rings (SSSR count). The quantitative estimate of drug-likeness (QED) is 0.725. The van der Waals surface area contributed by atoms with E-state index in [1.54, 1.807) is 49.1 Å². The van der Waals surface area contributed by atoms with Gasteiger partial charge in [0.2, 0.25) is 11.8 Å². The molecular formula is C27H35N3O5. The smallest absolute Gasteiger partial charge is 0.257 e. The van der Waals surface area contributed by atoms with Gasteiger partial charge < -0.3 is 24.6 Å². The third kappa shape index (κ3) is 6.82. The molecule has 188 valence electrons. The summed E-state index contributed by atoms with van der Waals surface area (Å²) in [6.07, 6.45) is 0.0000990. The number of hydrogen-bond donors (Lipinski definition) is 1. The second-order valence-electron chi connectivity index (χ2n) is 9.19. The number of carbonyl (C=O) groups is 3. The van der Waals surface area contributed by atoms with Crippen LogP contribution in [0.15, 0.2) is 48.5 Å². The summed E-state index contributed by atoms with van der Waals surface area (Å²) < 4.78 is 11.8. The summed E-state index contributed by atoms with van der Waals surface area (Å²) >= 11 is 0.